The van der Waals surface area contributed by atoms with Gasteiger partial charge in [-0.15, -0.1) is 0 Å². The number of fused-ring (bicyclic) bond motifs is 2. The van der Waals surface area contributed by atoms with Gasteiger partial charge in [0.1, 0.15) is 0 Å². The molecule has 17 heteroatoms. The van der Waals surface area contributed by atoms with Gasteiger partial charge in [-0.1, -0.05) is 6.07 Å². The second-order valence-electron chi connectivity index (χ2n) is 14.6. The maximum Gasteiger partial charge on any atom is 0.283 e. The van der Waals surface area contributed by atoms with Crippen LogP contribution in [0.5, 0.6) is 0 Å². The Bertz CT molecular complexity index is 2050. The lowest BCUT2D eigenvalue weighted by Crippen LogP contribution is -2.49. The Morgan fingerprint density at radius 3 is 1.69 bits per heavy atom. The highest BCUT2D eigenvalue weighted by Gasteiger charge is 2.48. The van der Waals surface area contributed by atoms with E-state index in [1.54, 1.807) is 23.6 Å². The molecule has 0 spiro atoms. The highest BCUT2D eigenvalue weighted by atomic mass is 32.2. The topological polar surface area (TPSA) is 196 Å². The Kier molecular flexibility index (Phi) is 8.71. The zero-order chi connectivity index (χ0) is 35.8. The first-order chi connectivity index (χ1) is 24.4. The van der Waals surface area contributed by atoms with E-state index in [0.717, 1.165) is 75.5 Å². The van der Waals surface area contributed by atoms with Crippen LogP contribution >= 0.6 is 0 Å². The molecule has 4 heterocycles. The van der Waals surface area contributed by atoms with Crippen LogP contribution in [0.15, 0.2) is 28.3 Å². The summed E-state index contributed by atoms with van der Waals surface area (Å²) in [6.45, 7) is 1.54. The number of nitrogens with two attached hydrogens (primary N) is 1. The standard InChI is InChI=1S/C24H29N3O5S.C10H15N3O4S/c1-31-24(13-32-14-24)21-12-23(25-27(21)17-8-9-17)33(29,30)26-22(28)11-20-18-6-2-4-15(18)10-16-5-3-7-19(16)20;1-16-10(5-17-6-10)8-4-9(18(11,14)15)12-13(8)7-2-3-7/h10,12,17H,2-9,11,13-14H2,1H3,(H,26,28);4,7H,2-3,5-6H2,1H3,(H2,11,14,15). The van der Waals surface area contributed by atoms with Crippen molar-refractivity contribution < 1.29 is 40.6 Å². The summed E-state index contributed by atoms with van der Waals surface area (Å²) in [6, 6.07) is 5.77. The van der Waals surface area contributed by atoms with E-state index >= 15 is 0 Å². The Balaban J connectivity index is 0.000000175. The van der Waals surface area contributed by atoms with Crippen molar-refractivity contribution in [3.8, 4) is 0 Å². The van der Waals surface area contributed by atoms with Crippen LogP contribution < -0.4 is 9.86 Å². The zero-order valence-corrected chi connectivity index (χ0v) is 30.5. The summed E-state index contributed by atoms with van der Waals surface area (Å²) < 4.78 is 76.6. The average molecular weight is 745 g/mol. The van der Waals surface area contributed by atoms with Gasteiger partial charge in [0, 0.05) is 26.4 Å². The molecule has 0 radical (unpaired) electrons. The first-order valence-corrected chi connectivity index (χ1v) is 20.6. The van der Waals surface area contributed by atoms with Crippen LogP contribution in [0.3, 0.4) is 0 Å². The van der Waals surface area contributed by atoms with Crippen LogP contribution in [-0.4, -0.2) is 83.0 Å². The van der Waals surface area contributed by atoms with Crippen molar-refractivity contribution in [2.45, 2.75) is 104 Å². The molecule has 9 rings (SSSR count). The van der Waals surface area contributed by atoms with Crippen molar-refractivity contribution in [3.05, 3.63) is 57.4 Å². The molecule has 4 aliphatic carbocycles. The van der Waals surface area contributed by atoms with E-state index in [9.17, 15) is 21.6 Å². The van der Waals surface area contributed by atoms with Crippen LogP contribution in [0, 0.1) is 0 Å². The number of hydrogen-bond donors (Lipinski definition) is 2. The predicted octanol–water partition coefficient (Wildman–Crippen LogP) is 1.85. The maximum atomic E-state index is 13.2. The number of aromatic nitrogens is 4. The van der Waals surface area contributed by atoms with E-state index in [2.05, 4.69) is 21.0 Å². The number of primary sulfonamides is 1. The minimum atomic E-state index is -4.10. The smallest absolute Gasteiger partial charge is 0.283 e. The molecule has 0 bridgehead atoms. The van der Waals surface area contributed by atoms with E-state index in [1.165, 1.54) is 34.4 Å². The Morgan fingerprint density at radius 2 is 1.27 bits per heavy atom. The molecule has 1 aromatic carbocycles. The second kappa shape index (κ2) is 12.7. The summed E-state index contributed by atoms with van der Waals surface area (Å²) in [5.41, 5.74) is 6.42. The predicted molar refractivity (Wildman–Crippen MR) is 181 cm³/mol. The van der Waals surface area contributed by atoms with Crippen molar-refractivity contribution in [1.29, 1.82) is 0 Å². The number of hydrogen-bond acceptors (Lipinski definition) is 11. The highest BCUT2D eigenvalue weighted by Crippen LogP contribution is 2.43. The third-order valence-electron chi connectivity index (χ3n) is 11.0. The lowest BCUT2D eigenvalue weighted by atomic mass is 9.92. The number of amides is 1. The van der Waals surface area contributed by atoms with Crippen molar-refractivity contribution in [3.63, 3.8) is 0 Å². The average Bonchev–Trinajstić information content (AvgIpc) is 3.82. The van der Waals surface area contributed by atoms with Gasteiger partial charge in [-0.3, -0.25) is 14.2 Å². The van der Waals surface area contributed by atoms with Gasteiger partial charge >= 0.3 is 0 Å². The maximum absolute atomic E-state index is 13.2. The molecule has 6 aliphatic rings. The van der Waals surface area contributed by atoms with E-state index in [0.29, 0.717) is 32.1 Å². The third-order valence-corrected chi connectivity index (χ3v) is 13.0. The largest absolute Gasteiger partial charge is 0.374 e. The number of sulfonamides is 2. The van der Waals surface area contributed by atoms with Crippen molar-refractivity contribution in [2.75, 3.05) is 40.6 Å². The summed E-state index contributed by atoms with van der Waals surface area (Å²) in [4.78, 5) is 13.0. The van der Waals surface area contributed by atoms with Crippen molar-refractivity contribution in [2.24, 2.45) is 5.14 Å². The summed E-state index contributed by atoms with van der Waals surface area (Å²) >= 11 is 0. The van der Waals surface area contributed by atoms with Crippen LogP contribution in [0.2, 0.25) is 0 Å². The summed E-state index contributed by atoms with van der Waals surface area (Å²) in [7, 11) is -4.70. The Hall–Kier alpha value is -3.19. The van der Waals surface area contributed by atoms with Gasteiger partial charge in [-0.25, -0.2) is 18.3 Å². The van der Waals surface area contributed by atoms with Gasteiger partial charge in [0.05, 0.1) is 56.3 Å². The molecular formula is C34H44N6O9S2. The van der Waals surface area contributed by atoms with E-state index in [4.69, 9.17) is 24.1 Å². The first-order valence-electron chi connectivity index (χ1n) is 17.6. The van der Waals surface area contributed by atoms with Crippen molar-refractivity contribution in [1.82, 2.24) is 24.3 Å². The molecule has 51 heavy (non-hydrogen) atoms. The number of benzene rings is 1. The molecule has 276 valence electrons. The molecule has 2 aromatic heterocycles. The van der Waals surface area contributed by atoms with Crippen LogP contribution in [0.25, 0.3) is 0 Å². The molecule has 15 nitrogen and oxygen atoms in total. The fraction of sp³-hybridized carbons (Fsp3) is 0.618. The molecular weight excluding hydrogens is 701 g/mol. The molecule has 4 fully saturated rings. The molecule has 2 aliphatic heterocycles. The van der Waals surface area contributed by atoms with Crippen LogP contribution in [0.4, 0.5) is 0 Å². The second-order valence-corrected chi connectivity index (χ2v) is 17.7. The molecule has 0 atom stereocenters. The number of carbonyl (C=O) groups excluding carboxylic acids is 1. The molecule has 2 saturated heterocycles. The fourth-order valence-electron chi connectivity index (χ4n) is 7.75. The van der Waals surface area contributed by atoms with E-state index < -0.39 is 37.2 Å². The lowest BCUT2D eigenvalue weighted by molar-refractivity contribution is -0.206. The first kappa shape index (κ1) is 34.9. The van der Waals surface area contributed by atoms with Crippen LogP contribution in [0.1, 0.15) is 89.8 Å². The van der Waals surface area contributed by atoms with Gasteiger partial charge < -0.3 is 18.9 Å². The fourth-order valence-corrected chi connectivity index (χ4v) is 9.17. The normalized spacial score (nSPS) is 21.5. The number of ether oxygens (including phenoxy) is 4. The molecule has 3 aromatic rings. The van der Waals surface area contributed by atoms with Gasteiger partial charge in [-0.2, -0.15) is 18.6 Å². The van der Waals surface area contributed by atoms with E-state index in [-0.39, 0.29) is 28.6 Å². The summed E-state index contributed by atoms with van der Waals surface area (Å²) in [5.74, 6) is -0.500. The quantitative estimate of drug-likeness (QED) is 0.291. The van der Waals surface area contributed by atoms with Gasteiger partial charge in [0.15, 0.2) is 21.3 Å². The number of nitrogens with one attached hydrogen (secondary N) is 1. The van der Waals surface area contributed by atoms with Crippen molar-refractivity contribution >= 4 is 26.0 Å². The number of carbonyl (C=O) groups is 1. The number of nitrogens with zero attached hydrogens (tertiary/aromatic N) is 4. The Morgan fingerprint density at radius 1 is 0.804 bits per heavy atom. The molecule has 2 saturated carbocycles. The number of methoxy groups -OCH3 is 2. The summed E-state index contributed by atoms with van der Waals surface area (Å²) in [5, 5.41) is 13.4. The van der Waals surface area contributed by atoms with Crippen LogP contribution in [-0.2, 0) is 87.1 Å². The monoisotopic (exact) mass is 744 g/mol. The summed E-state index contributed by atoms with van der Waals surface area (Å²) in [6.07, 6.45) is 10.2. The third kappa shape index (κ3) is 6.33. The van der Waals surface area contributed by atoms with Gasteiger partial charge in [-0.05, 0) is 92.0 Å². The zero-order valence-electron chi connectivity index (χ0n) is 28.9. The number of rotatable bonds is 11. The van der Waals surface area contributed by atoms with Gasteiger partial charge in [0.2, 0.25) is 5.91 Å². The molecule has 1 amide bonds. The molecule has 3 N–H and O–H groups in total. The van der Waals surface area contributed by atoms with E-state index in [1.807, 2.05) is 0 Å². The molecule has 0 unspecified atom stereocenters. The lowest BCUT2D eigenvalue weighted by Gasteiger charge is -2.40. The number of aryl methyl sites for hydroxylation is 2. The minimum absolute atomic E-state index is 0.0940. The highest BCUT2D eigenvalue weighted by molar-refractivity contribution is 7.90. The Labute approximate surface area is 297 Å². The van der Waals surface area contributed by atoms with Gasteiger partial charge in [0.25, 0.3) is 20.0 Å². The minimum Gasteiger partial charge on any atom is -0.374 e. The SMILES string of the molecule is COC1(c2cc(S(=O)(=O)NC(=O)Cc3c4c(cc5c3CCC5)CCC4)nn2C2CC2)COC1.COC1(c2cc(S(N)(=O)=O)nn2C2CC2)COC1.